The van der Waals surface area contributed by atoms with E-state index in [4.69, 9.17) is 14.2 Å². The Bertz CT molecular complexity index is 1380. The summed E-state index contributed by atoms with van der Waals surface area (Å²) in [5.74, 6) is 1.51. The highest BCUT2D eigenvalue weighted by atomic mass is 79.9. The number of ether oxygens (including phenoxy) is 3. The van der Waals surface area contributed by atoms with Gasteiger partial charge in [0.1, 0.15) is 19.0 Å². The largest absolute Gasteiger partial charge is 0.493 e. The summed E-state index contributed by atoms with van der Waals surface area (Å²) in [5.41, 5.74) is 4.07. The molecule has 0 bridgehead atoms. The molecular weight excluding hydrogens is 578 g/mol. The number of hydrogen-bond acceptors (Lipinski definition) is 6. The van der Waals surface area contributed by atoms with Crippen molar-refractivity contribution in [1.29, 1.82) is 0 Å². The number of carbonyl (C=O) groups is 2. The fourth-order valence-electron chi connectivity index (χ4n) is 3.98. The first-order chi connectivity index (χ1) is 18.5. The molecule has 3 aromatic rings. The molecule has 1 aliphatic rings. The molecule has 0 radical (unpaired) electrons. The average Bonchev–Trinajstić information content (AvgIpc) is 3.15. The summed E-state index contributed by atoms with van der Waals surface area (Å²) in [6, 6.07) is 19.5. The Labute approximate surface area is 242 Å². The maximum absolute atomic E-state index is 13.0. The number of rotatable bonds is 9. The zero-order chi connectivity index (χ0) is 28.2. The van der Waals surface area contributed by atoms with Crippen LogP contribution in [0, 0.1) is 6.92 Å². The van der Waals surface area contributed by atoms with Gasteiger partial charge in [0.2, 0.25) is 0 Å². The molecule has 0 spiro atoms. The van der Waals surface area contributed by atoms with E-state index in [0.29, 0.717) is 39.7 Å². The standard InChI is InChI=1S/C31H32BrNO5S/c1-20-6-8-21(9-7-20)19-33-29(34)27(39-30(33)35)18-22-16-25(32)28(26(17-22)36-5)38-15-14-37-24-12-10-23(11-13-24)31(2,3)4/h6-13,16-18H,14-15,19H2,1-5H3/b27-18-. The van der Waals surface area contributed by atoms with Crippen molar-refractivity contribution in [3.8, 4) is 17.2 Å². The number of nitrogens with zero attached hydrogens (tertiary/aromatic N) is 1. The van der Waals surface area contributed by atoms with Gasteiger partial charge in [-0.15, -0.1) is 0 Å². The van der Waals surface area contributed by atoms with Crippen LogP contribution in [0.15, 0.2) is 70.0 Å². The lowest BCUT2D eigenvalue weighted by molar-refractivity contribution is -0.123. The first-order valence-electron chi connectivity index (χ1n) is 12.6. The Hall–Kier alpha value is -3.23. The lowest BCUT2D eigenvalue weighted by Crippen LogP contribution is -2.27. The van der Waals surface area contributed by atoms with Gasteiger partial charge in [-0.1, -0.05) is 62.7 Å². The Morgan fingerprint density at radius 3 is 2.26 bits per heavy atom. The van der Waals surface area contributed by atoms with Crippen molar-refractivity contribution < 1.29 is 23.8 Å². The van der Waals surface area contributed by atoms with Crippen LogP contribution in [0.2, 0.25) is 0 Å². The molecule has 1 fully saturated rings. The first kappa shape index (κ1) is 28.8. The van der Waals surface area contributed by atoms with Crippen LogP contribution in [-0.4, -0.2) is 36.4 Å². The number of amides is 2. The van der Waals surface area contributed by atoms with Gasteiger partial charge in [-0.25, -0.2) is 0 Å². The molecule has 204 valence electrons. The maximum atomic E-state index is 13.0. The number of halogens is 1. The second kappa shape index (κ2) is 12.3. The second-order valence-corrected chi connectivity index (χ2v) is 12.1. The third kappa shape index (κ3) is 7.25. The van der Waals surface area contributed by atoms with E-state index >= 15 is 0 Å². The fraction of sp³-hybridized carbons (Fsp3) is 0.290. The van der Waals surface area contributed by atoms with Gasteiger partial charge in [-0.05, 0) is 87.1 Å². The van der Waals surface area contributed by atoms with Crippen LogP contribution in [0.3, 0.4) is 0 Å². The van der Waals surface area contributed by atoms with Crippen molar-refractivity contribution in [1.82, 2.24) is 4.90 Å². The molecule has 1 saturated heterocycles. The molecule has 0 atom stereocenters. The third-order valence-electron chi connectivity index (χ3n) is 6.20. The highest BCUT2D eigenvalue weighted by molar-refractivity contribution is 9.10. The highest BCUT2D eigenvalue weighted by Gasteiger charge is 2.35. The highest BCUT2D eigenvalue weighted by Crippen LogP contribution is 2.39. The number of benzene rings is 3. The lowest BCUT2D eigenvalue weighted by Gasteiger charge is -2.19. The summed E-state index contributed by atoms with van der Waals surface area (Å²) in [6.07, 6.45) is 1.70. The third-order valence-corrected chi connectivity index (χ3v) is 7.70. The van der Waals surface area contributed by atoms with E-state index in [1.165, 1.54) is 10.5 Å². The quantitative estimate of drug-likeness (QED) is 0.182. The molecule has 0 aromatic heterocycles. The van der Waals surface area contributed by atoms with Crippen molar-refractivity contribution in [2.24, 2.45) is 0 Å². The number of thioether (sulfide) groups is 1. The van der Waals surface area contributed by atoms with Crippen LogP contribution in [-0.2, 0) is 16.8 Å². The van der Waals surface area contributed by atoms with Gasteiger partial charge >= 0.3 is 0 Å². The minimum atomic E-state index is -0.311. The minimum Gasteiger partial charge on any atom is -0.493 e. The molecule has 0 saturated carbocycles. The molecule has 4 rings (SSSR count). The Balaban J connectivity index is 1.39. The number of aryl methyl sites for hydroxylation is 1. The summed E-state index contributed by atoms with van der Waals surface area (Å²) in [7, 11) is 1.56. The molecule has 3 aromatic carbocycles. The van der Waals surface area contributed by atoms with Crippen LogP contribution in [0.1, 0.15) is 43.0 Å². The predicted molar refractivity (Wildman–Crippen MR) is 160 cm³/mol. The van der Waals surface area contributed by atoms with E-state index in [0.717, 1.165) is 28.6 Å². The molecule has 8 heteroatoms. The van der Waals surface area contributed by atoms with Crippen LogP contribution in [0.4, 0.5) is 4.79 Å². The smallest absolute Gasteiger partial charge is 0.293 e. The summed E-state index contributed by atoms with van der Waals surface area (Å²) >= 11 is 4.49. The van der Waals surface area contributed by atoms with Crippen LogP contribution in [0.5, 0.6) is 17.2 Å². The SMILES string of the molecule is COc1cc(/C=C2\SC(=O)N(Cc3ccc(C)cc3)C2=O)cc(Br)c1OCCOc1ccc(C(C)(C)C)cc1. The zero-order valence-electron chi connectivity index (χ0n) is 22.7. The van der Waals surface area contributed by atoms with Crippen molar-refractivity contribution >= 4 is 44.9 Å². The molecule has 2 amide bonds. The Morgan fingerprint density at radius 2 is 1.62 bits per heavy atom. The number of carbonyl (C=O) groups excluding carboxylic acids is 2. The lowest BCUT2D eigenvalue weighted by atomic mass is 9.87. The van der Waals surface area contributed by atoms with E-state index in [1.54, 1.807) is 19.3 Å². The van der Waals surface area contributed by atoms with E-state index in [2.05, 4.69) is 48.8 Å². The van der Waals surface area contributed by atoms with Gasteiger partial charge in [-0.2, -0.15) is 0 Å². The zero-order valence-corrected chi connectivity index (χ0v) is 25.1. The average molecular weight is 611 g/mol. The van der Waals surface area contributed by atoms with Gasteiger partial charge in [0.15, 0.2) is 11.5 Å². The summed E-state index contributed by atoms with van der Waals surface area (Å²) in [4.78, 5) is 27.2. The monoisotopic (exact) mass is 609 g/mol. The normalized spacial score (nSPS) is 14.7. The molecule has 1 heterocycles. The van der Waals surface area contributed by atoms with E-state index in [1.807, 2.05) is 49.4 Å². The molecule has 0 aliphatic carbocycles. The van der Waals surface area contributed by atoms with Gasteiger partial charge in [0.25, 0.3) is 11.1 Å². The van der Waals surface area contributed by atoms with Gasteiger partial charge in [0, 0.05) is 0 Å². The van der Waals surface area contributed by atoms with Crippen molar-refractivity contribution in [3.63, 3.8) is 0 Å². The van der Waals surface area contributed by atoms with Crippen LogP contribution >= 0.6 is 27.7 Å². The number of hydrogen-bond donors (Lipinski definition) is 0. The van der Waals surface area contributed by atoms with E-state index < -0.39 is 0 Å². The van der Waals surface area contributed by atoms with Gasteiger partial charge in [0.05, 0.1) is 23.0 Å². The van der Waals surface area contributed by atoms with Gasteiger partial charge < -0.3 is 14.2 Å². The van der Waals surface area contributed by atoms with Crippen molar-refractivity contribution in [2.75, 3.05) is 20.3 Å². The summed E-state index contributed by atoms with van der Waals surface area (Å²) < 4.78 is 18.0. The Kier molecular flexibility index (Phi) is 9.08. The van der Waals surface area contributed by atoms with E-state index in [9.17, 15) is 9.59 Å². The van der Waals surface area contributed by atoms with Gasteiger partial charge in [-0.3, -0.25) is 14.5 Å². The molecule has 6 nitrogen and oxygen atoms in total. The molecule has 39 heavy (non-hydrogen) atoms. The van der Waals surface area contributed by atoms with E-state index in [-0.39, 0.29) is 23.1 Å². The first-order valence-corrected chi connectivity index (χ1v) is 14.2. The van der Waals surface area contributed by atoms with Crippen molar-refractivity contribution in [3.05, 3.63) is 92.3 Å². The fourth-order valence-corrected chi connectivity index (χ4v) is 5.39. The maximum Gasteiger partial charge on any atom is 0.293 e. The van der Waals surface area contributed by atoms with Crippen LogP contribution in [0.25, 0.3) is 6.08 Å². The number of methoxy groups -OCH3 is 1. The minimum absolute atomic E-state index is 0.0899. The predicted octanol–water partition coefficient (Wildman–Crippen LogP) is 7.76. The summed E-state index contributed by atoms with van der Waals surface area (Å²) in [5, 5.41) is -0.286. The van der Waals surface area contributed by atoms with Crippen molar-refractivity contribution in [2.45, 2.75) is 39.7 Å². The second-order valence-electron chi connectivity index (χ2n) is 10.3. The topological polar surface area (TPSA) is 65.1 Å². The molecule has 0 N–H and O–H groups in total. The Morgan fingerprint density at radius 1 is 0.949 bits per heavy atom. The molecule has 0 unspecified atom stereocenters. The summed E-state index contributed by atoms with van der Waals surface area (Å²) in [6.45, 7) is 9.44. The van der Waals surface area contributed by atoms with Crippen LogP contribution < -0.4 is 14.2 Å². The molecular formula is C31H32BrNO5S. The molecule has 1 aliphatic heterocycles. The number of imide groups is 1.